The molecule has 0 radical (unpaired) electrons. The summed E-state index contributed by atoms with van der Waals surface area (Å²) >= 11 is 6.69. The molecule has 3 rings (SSSR count). The molecule has 0 atom stereocenters. The van der Waals surface area contributed by atoms with Gasteiger partial charge in [-0.15, -0.1) is 0 Å². The first-order valence-corrected chi connectivity index (χ1v) is 8.29. The number of ether oxygens (including phenoxy) is 1. The molecule has 0 aromatic heterocycles. The van der Waals surface area contributed by atoms with Gasteiger partial charge < -0.3 is 4.74 Å². The summed E-state index contributed by atoms with van der Waals surface area (Å²) in [5.41, 5.74) is 2.85. The van der Waals surface area contributed by atoms with Crippen LogP contribution in [0.1, 0.15) is 11.1 Å². The lowest BCUT2D eigenvalue weighted by Crippen LogP contribution is -2.27. The number of carbonyl (C=O) groups excluding carboxylic acids is 1. The fourth-order valence-electron chi connectivity index (χ4n) is 2.27. The predicted molar refractivity (Wildman–Crippen MR) is 99.8 cm³/mol. The first-order valence-electron chi connectivity index (χ1n) is 7.07. The van der Waals surface area contributed by atoms with Gasteiger partial charge in [0, 0.05) is 0 Å². The summed E-state index contributed by atoms with van der Waals surface area (Å²) in [5, 5.41) is 0. The van der Waals surface area contributed by atoms with Gasteiger partial charge in [0.15, 0.2) is 4.32 Å². The Morgan fingerprint density at radius 3 is 2.61 bits per heavy atom. The maximum atomic E-state index is 12.7. The number of methoxy groups -OCH3 is 1. The highest BCUT2D eigenvalue weighted by Gasteiger charge is 2.33. The number of carbonyl (C=O) groups is 1. The van der Waals surface area contributed by atoms with E-state index in [0.29, 0.717) is 9.23 Å². The second-order valence-corrected chi connectivity index (χ2v) is 6.81. The molecule has 2 aromatic carbocycles. The molecule has 1 aliphatic rings. The van der Waals surface area contributed by atoms with Crippen molar-refractivity contribution in [3.8, 4) is 5.75 Å². The van der Waals surface area contributed by atoms with Crippen LogP contribution in [0.4, 0.5) is 5.69 Å². The summed E-state index contributed by atoms with van der Waals surface area (Å²) < 4.78 is 5.76. The number of thioether (sulfide) groups is 1. The summed E-state index contributed by atoms with van der Waals surface area (Å²) in [6.07, 6.45) is 1.84. The molecule has 116 valence electrons. The van der Waals surface area contributed by atoms with Gasteiger partial charge in [0.2, 0.25) is 0 Å². The molecule has 2 aromatic rings. The van der Waals surface area contributed by atoms with Crippen molar-refractivity contribution in [2.75, 3.05) is 12.0 Å². The highest BCUT2D eigenvalue weighted by Crippen LogP contribution is 2.36. The molecule has 0 bridgehead atoms. The lowest BCUT2D eigenvalue weighted by atomic mass is 10.2. The summed E-state index contributed by atoms with van der Waals surface area (Å²) in [6.45, 7) is 2.01. The number of benzene rings is 2. The first-order chi connectivity index (χ1) is 11.1. The molecule has 0 N–H and O–H groups in total. The van der Waals surface area contributed by atoms with Crippen LogP contribution in [-0.4, -0.2) is 17.3 Å². The van der Waals surface area contributed by atoms with E-state index in [2.05, 4.69) is 0 Å². The standard InChI is InChI=1S/C18H15NO2S2/c1-12-6-8-14(9-7-12)19-17(20)16(23-18(19)22)11-13-4-3-5-15(10-13)21-2/h3-11H,1-2H3/b16-11-. The number of hydrogen-bond acceptors (Lipinski definition) is 4. The van der Waals surface area contributed by atoms with Crippen molar-refractivity contribution in [2.45, 2.75) is 6.92 Å². The van der Waals surface area contributed by atoms with Crippen molar-refractivity contribution in [3.63, 3.8) is 0 Å². The van der Waals surface area contributed by atoms with Crippen LogP contribution >= 0.6 is 24.0 Å². The summed E-state index contributed by atoms with van der Waals surface area (Å²) in [6, 6.07) is 15.3. The number of thiocarbonyl (C=S) groups is 1. The maximum absolute atomic E-state index is 12.7. The van der Waals surface area contributed by atoms with Crippen LogP contribution in [0.5, 0.6) is 5.75 Å². The molecule has 1 aliphatic heterocycles. The van der Waals surface area contributed by atoms with E-state index in [9.17, 15) is 4.79 Å². The molecule has 0 aliphatic carbocycles. The average Bonchev–Trinajstić information content (AvgIpc) is 2.83. The molecule has 23 heavy (non-hydrogen) atoms. The molecule has 5 heteroatoms. The van der Waals surface area contributed by atoms with E-state index in [1.54, 1.807) is 12.0 Å². The molecule has 1 amide bonds. The van der Waals surface area contributed by atoms with Crippen molar-refractivity contribution < 1.29 is 9.53 Å². The van der Waals surface area contributed by atoms with Gasteiger partial charge in [0.05, 0.1) is 17.7 Å². The van der Waals surface area contributed by atoms with Gasteiger partial charge in [-0.05, 0) is 42.8 Å². The molecule has 1 fully saturated rings. The Bertz CT molecular complexity index is 797. The van der Waals surface area contributed by atoms with Crippen molar-refractivity contribution in [1.82, 2.24) is 0 Å². The minimum Gasteiger partial charge on any atom is -0.497 e. The van der Waals surface area contributed by atoms with Crippen LogP contribution in [0.3, 0.4) is 0 Å². The SMILES string of the molecule is COc1cccc(/C=C2\SC(=S)N(c3ccc(C)cc3)C2=O)c1. The number of rotatable bonds is 3. The quantitative estimate of drug-likeness (QED) is 0.611. The van der Waals surface area contributed by atoms with E-state index in [1.165, 1.54) is 11.8 Å². The van der Waals surface area contributed by atoms with Crippen LogP contribution < -0.4 is 9.64 Å². The molecular formula is C18H15NO2S2. The Hall–Kier alpha value is -2.11. The van der Waals surface area contributed by atoms with Gasteiger partial charge in [-0.25, -0.2) is 0 Å². The summed E-state index contributed by atoms with van der Waals surface area (Å²) in [7, 11) is 1.62. The normalized spacial score (nSPS) is 16.3. The van der Waals surface area contributed by atoms with Gasteiger partial charge >= 0.3 is 0 Å². The largest absolute Gasteiger partial charge is 0.497 e. The Labute approximate surface area is 144 Å². The minimum atomic E-state index is -0.0910. The molecule has 0 spiro atoms. The maximum Gasteiger partial charge on any atom is 0.270 e. The van der Waals surface area contributed by atoms with Crippen LogP contribution in [0, 0.1) is 6.92 Å². The second-order valence-electron chi connectivity index (χ2n) is 5.13. The van der Waals surface area contributed by atoms with E-state index in [4.69, 9.17) is 17.0 Å². The van der Waals surface area contributed by atoms with Gasteiger partial charge in [-0.3, -0.25) is 9.69 Å². The number of nitrogens with zero attached hydrogens (tertiary/aromatic N) is 1. The van der Waals surface area contributed by atoms with Crippen molar-refractivity contribution in [3.05, 3.63) is 64.6 Å². The third-order valence-electron chi connectivity index (χ3n) is 3.48. The topological polar surface area (TPSA) is 29.5 Å². The Morgan fingerprint density at radius 2 is 1.91 bits per heavy atom. The molecule has 0 saturated carbocycles. The van der Waals surface area contributed by atoms with E-state index in [1.807, 2.05) is 61.5 Å². The summed E-state index contributed by atoms with van der Waals surface area (Å²) in [4.78, 5) is 14.9. The minimum absolute atomic E-state index is 0.0910. The lowest BCUT2D eigenvalue weighted by Gasteiger charge is -2.14. The Morgan fingerprint density at radius 1 is 1.17 bits per heavy atom. The Balaban J connectivity index is 1.91. The third-order valence-corrected chi connectivity index (χ3v) is 4.78. The fourth-order valence-corrected chi connectivity index (χ4v) is 3.57. The van der Waals surface area contributed by atoms with Gasteiger partial charge in [-0.2, -0.15) is 0 Å². The number of aryl methyl sites for hydroxylation is 1. The highest BCUT2D eigenvalue weighted by atomic mass is 32.2. The van der Waals surface area contributed by atoms with Crippen molar-refractivity contribution in [1.29, 1.82) is 0 Å². The third kappa shape index (κ3) is 3.30. The smallest absolute Gasteiger partial charge is 0.270 e. The van der Waals surface area contributed by atoms with Gasteiger partial charge in [0.1, 0.15) is 5.75 Å². The zero-order chi connectivity index (χ0) is 16.4. The zero-order valence-corrected chi connectivity index (χ0v) is 14.4. The molecule has 0 unspecified atom stereocenters. The van der Waals surface area contributed by atoms with E-state index in [0.717, 1.165) is 22.6 Å². The Kier molecular flexibility index (Phi) is 4.50. The van der Waals surface area contributed by atoms with E-state index in [-0.39, 0.29) is 5.91 Å². The number of amides is 1. The van der Waals surface area contributed by atoms with Crippen LogP contribution in [0.25, 0.3) is 6.08 Å². The van der Waals surface area contributed by atoms with Crippen LogP contribution in [-0.2, 0) is 4.79 Å². The molecule has 1 heterocycles. The van der Waals surface area contributed by atoms with Crippen LogP contribution in [0.15, 0.2) is 53.4 Å². The van der Waals surface area contributed by atoms with Crippen molar-refractivity contribution >= 4 is 46.0 Å². The second kappa shape index (κ2) is 6.56. The molecule has 1 saturated heterocycles. The fraction of sp³-hybridized carbons (Fsp3) is 0.111. The average molecular weight is 341 g/mol. The van der Waals surface area contributed by atoms with E-state index >= 15 is 0 Å². The van der Waals surface area contributed by atoms with Crippen molar-refractivity contribution in [2.24, 2.45) is 0 Å². The monoisotopic (exact) mass is 341 g/mol. The lowest BCUT2D eigenvalue weighted by molar-refractivity contribution is -0.113. The van der Waals surface area contributed by atoms with E-state index < -0.39 is 0 Å². The van der Waals surface area contributed by atoms with Gasteiger partial charge in [0.25, 0.3) is 5.91 Å². The van der Waals surface area contributed by atoms with Crippen LogP contribution in [0.2, 0.25) is 0 Å². The first kappa shape index (κ1) is 15.8. The van der Waals surface area contributed by atoms with Gasteiger partial charge in [-0.1, -0.05) is 53.8 Å². The molecular weight excluding hydrogens is 326 g/mol. The summed E-state index contributed by atoms with van der Waals surface area (Å²) in [5.74, 6) is 0.666. The number of anilines is 1. The highest BCUT2D eigenvalue weighted by molar-refractivity contribution is 8.27. The predicted octanol–water partition coefficient (Wildman–Crippen LogP) is 4.41. The zero-order valence-electron chi connectivity index (χ0n) is 12.8. The number of hydrogen-bond donors (Lipinski definition) is 0. The molecule has 3 nitrogen and oxygen atoms in total.